The van der Waals surface area contributed by atoms with Gasteiger partial charge in [-0.1, -0.05) is 53.2 Å². The fraction of sp³-hybridized carbons (Fsp3) is 0.611. The third-order valence-corrected chi connectivity index (χ3v) is 3.28. The van der Waals surface area contributed by atoms with E-state index in [0.717, 1.165) is 25.3 Å². The summed E-state index contributed by atoms with van der Waals surface area (Å²) in [4.78, 5) is 0. The van der Waals surface area contributed by atoms with Gasteiger partial charge in [-0.05, 0) is 25.5 Å². The van der Waals surface area contributed by atoms with Gasteiger partial charge in [0, 0.05) is 0 Å². The Labute approximate surface area is 130 Å². The van der Waals surface area contributed by atoms with E-state index in [2.05, 4.69) is 47.2 Å². The molecule has 0 radical (unpaired) electrons. The van der Waals surface area contributed by atoms with E-state index in [4.69, 9.17) is 0 Å². The first-order chi connectivity index (χ1) is 10.3. The van der Waals surface area contributed by atoms with Crippen molar-refractivity contribution in [2.75, 3.05) is 0 Å². The first kappa shape index (κ1) is 19.7. The van der Waals surface area contributed by atoms with Crippen molar-refractivity contribution in [1.82, 2.24) is 4.57 Å². The maximum atomic E-state index is 9.59. The number of aryl methyl sites for hydroxylation is 2. The van der Waals surface area contributed by atoms with E-state index < -0.39 is 0 Å². The highest BCUT2D eigenvalue weighted by Crippen LogP contribution is 2.14. The van der Waals surface area contributed by atoms with Crippen molar-refractivity contribution in [2.45, 2.75) is 74.1 Å². The second-order valence-electron chi connectivity index (χ2n) is 4.31. The van der Waals surface area contributed by atoms with Crippen molar-refractivity contribution >= 4 is 11.0 Å². The summed E-state index contributed by atoms with van der Waals surface area (Å²) in [5.41, 5.74) is 2.45. The van der Waals surface area contributed by atoms with Crippen LogP contribution in [0.5, 0.6) is 0 Å². The molecular formula is C18H33N2O+. The van der Waals surface area contributed by atoms with Crippen LogP contribution in [0.15, 0.2) is 24.3 Å². The lowest BCUT2D eigenvalue weighted by Gasteiger charge is -2.00. The zero-order valence-electron chi connectivity index (χ0n) is 14.7. The first-order valence-corrected chi connectivity index (χ1v) is 8.44. The van der Waals surface area contributed by atoms with Gasteiger partial charge in [-0.15, -0.1) is 0 Å². The van der Waals surface area contributed by atoms with Crippen LogP contribution in [0.2, 0.25) is 0 Å². The van der Waals surface area contributed by atoms with Crippen molar-refractivity contribution in [2.24, 2.45) is 0 Å². The Morgan fingerprint density at radius 1 is 1.05 bits per heavy atom. The molecule has 120 valence electrons. The molecule has 0 saturated heterocycles. The summed E-state index contributed by atoms with van der Waals surface area (Å²) in [5.74, 6) is 1.02. The number of aliphatic hydroxyl groups excluding tert-OH is 1. The highest BCUT2D eigenvalue weighted by Gasteiger charge is 2.22. The number of hydrogen-bond donors (Lipinski definition) is 1. The highest BCUT2D eigenvalue weighted by molar-refractivity contribution is 5.72. The molecule has 1 N–H and O–H groups in total. The number of benzene rings is 1. The van der Waals surface area contributed by atoms with E-state index in [0.29, 0.717) is 0 Å². The molecule has 1 heterocycles. The molecular weight excluding hydrogens is 260 g/mol. The van der Waals surface area contributed by atoms with Gasteiger partial charge in [0.05, 0.1) is 13.1 Å². The topological polar surface area (TPSA) is 29.0 Å². The summed E-state index contributed by atoms with van der Waals surface area (Å²) in [6.45, 7) is 14.3. The van der Waals surface area contributed by atoms with Crippen LogP contribution in [-0.2, 0) is 19.7 Å². The maximum Gasteiger partial charge on any atom is 0.283 e. The molecule has 0 atom stereocenters. The molecule has 1 aromatic carbocycles. The van der Waals surface area contributed by atoms with E-state index in [-0.39, 0.29) is 6.61 Å². The predicted molar refractivity (Wildman–Crippen MR) is 91.3 cm³/mol. The van der Waals surface area contributed by atoms with E-state index in [1.54, 1.807) is 0 Å². The van der Waals surface area contributed by atoms with Crippen LogP contribution >= 0.6 is 0 Å². The second-order valence-corrected chi connectivity index (χ2v) is 4.31. The molecule has 0 fully saturated rings. The number of aromatic nitrogens is 2. The van der Waals surface area contributed by atoms with Crippen LogP contribution in [0.25, 0.3) is 11.0 Å². The Bertz CT molecular complexity index is 503. The average molecular weight is 293 g/mol. The molecule has 0 aliphatic heterocycles. The molecule has 2 aromatic rings. The van der Waals surface area contributed by atoms with E-state index in [1.807, 2.05) is 27.7 Å². The third kappa shape index (κ3) is 4.57. The van der Waals surface area contributed by atoms with Crippen LogP contribution in [0.3, 0.4) is 0 Å². The largest absolute Gasteiger partial charge is 0.384 e. The summed E-state index contributed by atoms with van der Waals surface area (Å²) < 4.78 is 4.45. The molecule has 2 rings (SSSR count). The zero-order valence-corrected chi connectivity index (χ0v) is 14.7. The lowest BCUT2D eigenvalue weighted by Crippen LogP contribution is -2.38. The van der Waals surface area contributed by atoms with E-state index in [9.17, 15) is 5.11 Å². The minimum atomic E-state index is 0.103. The predicted octanol–water partition coefficient (Wildman–Crippen LogP) is 4.29. The highest BCUT2D eigenvalue weighted by atomic mass is 16.3. The number of fused-ring (bicyclic) bond motifs is 1. The number of rotatable bonds is 5. The van der Waals surface area contributed by atoms with Crippen molar-refractivity contribution in [1.29, 1.82) is 0 Å². The summed E-state index contributed by atoms with van der Waals surface area (Å²) in [5, 5.41) is 9.59. The molecule has 0 bridgehead atoms. The number of nitrogens with zero attached hydrogens (tertiary/aromatic N) is 2. The molecule has 0 amide bonds. The van der Waals surface area contributed by atoms with Crippen LogP contribution < -0.4 is 4.57 Å². The fourth-order valence-corrected chi connectivity index (χ4v) is 2.43. The van der Waals surface area contributed by atoms with E-state index in [1.165, 1.54) is 17.5 Å². The minimum absolute atomic E-state index is 0.103. The van der Waals surface area contributed by atoms with Gasteiger partial charge in [-0.25, -0.2) is 9.13 Å². The maximum absolute atomic E-state index is 9.59. The van der Waals surface area contributed by atoms with Gasteiger partial charge in [0.15, 0.2) is 11.0 Å². The van der Waals surface area contributed by atoms with Crippen molar-refractivity contribution < 1.29 is 9.67 Å². The van der Waals surface area contributed by atoms with Crippen LogP contribution in [0.1, 0.15) is 60.2 Å². The normalized spacial score (nSPS) is 9.67. The SMILES string of the molecule is CC.CC.CCCC[n+]1c(CO)n(CC)c2ccccc21. The van der Waals surface area contributed by atoms with Crippen LogP contribution in [-0.4, -0.2) is 9.67 Å². The monoisotopic (exact) mass is 293 g/mol. The lowest BCUT2D eigenvalue weighted by molar-refractivity contribution is -0.682. The number of unbranched alkanes of at least 4 members (excludes halogenated alkanes) is 1. The van der Waals surface area contributed by atoms with Crippen molar-refractivity contribution in [3.05, 3.63) is 30.1 Å². The fourth-order valence-electron chi connectivity index (χ4n) is 2.43. The standard InChI is InChI=1S/C14H21N2O.2C2H6/c1-3-5-10-16-13-9-7-6-8-12(13)15(4-2)14(16)11-17;2*1-2/h6-9,17H,3-5,10-11H2,1-2H3;2*1-2H3/q+1;;. The summed E-state index contributed by atoms with van der Waals surface area (Å²) in [7, 11) is 0. The molecule has 0 aliphatic carbocycles. The third-order valence-electron chi connectivity index (χ3n) is 3.28. The van der Waals surface area contributed by atoms with Gasteiger partial charge in [-0.2, -0.15) is 0 Å². The Morgan fingerprint density at radius 3 is 2.19 bits per heavy atom. The zero-order chi connectivity index (χ0) is 16.3. The lowest BCUT2D eigenvalue weighted by atomic mass is 10.3. The van der Waals surface area contributed by atoms with Gasteiger partial charge < -0.3 is 5.11 Å². The molecule has 0 aliphatic rings. The average Bonchev–Trinajstić information content (AvgIpc) is 2.89. The van der Waals surface area contributed by atoms with Crippen molar-refractivity contribution in [3.8, 4) is 0 Å². The van der Waals surface area contributed by atoms with Crippen molar-refractivity contribution in [3.63, 3.8) is 0 Å². The Morgan fingerprint density at radius 2 is 1.67 bits per heavy atom. The minimum Gasteiger partial charge on any atom is -0.384 e. The molecule has 0 spiro atoms. The van der Waals surface area contributed by atoms with Gasteiger partial charge in [0.1, 0.15) is 6.61 Å². The first-order valence-electron chi connectivity index (χ1n) is 8.44. The van der Waals surface area contributed by atoms with E-state index >= 15 is 0 Å². The van der Waals surface area contributed by atoms with Crippen LogP contribution in [0, 0.1) is 0 Å². The van der Waals surface area contributed by atoms with Gasteiger partial charge in [0.2, 0.25) is 0 Å². The number of hydrogen-bond acceptors (Lipinski definition) is 1. The molecule has 0 unspecified atom stereocenters. The number of aliphatic hydroxyl groups is 1. The van der Waals surface area contributed by atoms with Gasteiger partial charge in [-0.3, -0.25) is 0 Å². The molecule has 1 aromatic heterocycles. The number of para-hydroxylation sites is 2. The second kappa shape index (κ2) is 11.3. The molecule has 0 saturated carbocycles. The Balaban J connectivity index is 0.000000921. The van der Waals surface area contributed by atoms with Gasteiger partial charge >= 0.3 is 0 Å². The quantitative estimate of drug-likeness (QED) is 0.818. The number of imidazole rings is 1. The summed E-state index contributed by atoms with van der Waals surface area (Å²) >= 11 is 0. The van der Waals surface area contributed by atoms with Gasteiger partial charge in [0.25, 0.3) is 5.82 Å². The Kier molecular flexibility index (Phi) is 10.6. The smallest absolute Gasteiger partial charge is 0.283 e. The summed E-state index contributed by atoms with van der Waals surface area (Å²) in [6.07, 6.45) is 2.32. The Hall–Kier alpha value is -1.35. The van der Waals surface area contributed by atoms with Crippen LogP contribution in [0.4, 0.5) is 0 Å². The molecule has 3 nitrogen and oxygen atoms in total. The summed E-state index contributed by atoms with van der Waals surface area (Å²) in [6, 6.07) is 8.38. The molecule has 3 heteroatoms. The molecule has 21 heavy (non-hydrogen) atoms.